The second-order valence-electron chi connectivity index (χ2n) is 4.11. The van der Waals surface area contributed by atoms with E-state index in [9.17, 15) is 0 Å². The smallest absolute Gasteiger partial charge is 0.121 e. The molecule has 1 heterocycles. The number of benzene rings is 2. The van der Waals surface area contributed by atoms with Crippen LogP contribution in [0.1, 0.15) is 0 Å². The van der Waals surface area contributed by atoms with Crippen LogP contribution in [-0.4, -0.2) is 18.2 Å². The highest BCUT2D eigenvalue weighted by Gasteiger charge is 2.04. The van der Waals surface area contributed by atoms with E-state index in [1.54, 1.807) is 0 Å². The Labute approximate surface area is 127 Å². The third kappa shape index (κ3) is 2.82. The van der Waals surface area contributed by atoms with Crippen molar-refractivity contribution in [1.82, 2.24) is 4.98 Å². The number of aromatic nitrogens is 1. The Morgan fingerprint density at radius 3 is 2.74 bits per heavy atom. The van der Waals surface area contributed by atoms with Gasteiger partial charge in [0.05, 0.1) is 21.3 Å². The van der Waals surface area contributed by atoms with Crippen molar-refractivity contribution in [2.45, 2.75) is 0 Å². The van der Waals surface area contributed by atoms with Gasteiger partial charge >= 0.3 is 0 Å². The number of hydrogen-bond acceptors (Lipinski definition) is 3. The molecule has 19 heavy (non-hydrogen) atoms. The van der Waals surface area contributed by atoms with Gasteiger partial charge in [-0.25, -0.2) is 0 Å². The van der Waals surface area contributed by atoms with E-state index in [2.05, 4.69) is 50.5 Å². The summed E-state index contributed by atoms with van der Waals surface area (Å²) in [5.41, 5.74) is 2.25. The van der Waals surface area contributed by atoms with Gasteiger partial charge in [0.25, 0.3) is 0 Å². The first-order chi connectivity index (χ1) is 9.38. The summed E-state index contributed by atoms with van der Waals surface area (Å²) in [6.45, 7) is 1.14. The van der Waals surface area contributed by atoms with Gasteiger partial charge in [-0.1, -0.05) is 18.2 Å². The molecule has 1 N–H and O–H groups in total. The topological polar surface area (TPSA) is 34.2 Å². The fourth-order valence-corrected chi connectivity index (χ4v) is 2.82. The molecule has 5 heteroatoms. The summed E-state index contributed by atoms with van der Waals surface area (Å²) in [5.74, 6) is 0.862. The van der Waals surface area contributed by atoms with Gasteiger partial charge in [0.1, 0.15) is 12.4 Å². The number of para-hydroxylation sites is 1. The number of halogens is 1. The fourth-order valence-electron chi connectivity index (χ4n) is 2.15. The molecule has 0 bridgehead atoms. The summed E-state index contributed by atoms with van der Waals surface area (Å²) in [4.78, 5) is 3.40. The highest BCUT2D eigenvalue weighted by molar-refractivity contribution is 14.2. The minimum Gasteiger partial charge on any atom is -0.491 e. The lowest BCUT2D eigenvalue weighted by molar-refractivity contribution is 0.241. The first kappa shape index (κ1) is 13.1. The van der Waals surface area contributed by atoms with E-state index in [0.29, 0.717) is 13.2 Å². The largest absolute Gasteiger partial charge is 0.491 e. The molecule has 0 aliphatic carbocycles. The Balaban J connectivity index is 1.86. The van der Waals surface area contributed by atoms with E-state index in [-0.39, 0.29) is 0 Å². The van der Waals surface area contributed by atoms with E-state index in [0.717, 1.165) is 16.8 Å². The van der Waals surface area contributed by atoms with Crippen molar-refractivity contribution in [3.05, 3.63) is 42.5 Å². The van der Waals surface area contributed by atoms with Crippen molar-refractivity contribution in [3.63, 3.8) is 0 Å². The van der Waals surface area contributed by atoms with Crippen molar-refractivity contribution < 1.29 is 8.92 Å². The lowest BCUT2D eigenvalue weighted by Crippen LogP contribution is -2.02. The zero-order chi connectivity index (χ0) is 13.1. The summed E-state index contributed by atoms with van der Waals surface area (Å²) >= 11 is 2.09. The zero-order valence-corrected chi connectivity index (χ0v) is 13.0. The van der Waals surface area contributed by atoms with Crippen LogP contribution in [0.4, 0.5) is 0 Å². The van der Waals surface area contributed by atoms with Gasteiger partial charge in [0.15, 0.2) is 0 Å². The summed E-state index contributed by atoms with van der Waals surface area (Å²) in [5, 5.41) is 2.47. The normalized spacial score (nSPS) is 11.2. The Bertz CT molecular complexity index is 698. The Hall–Kier alpha value is -0.920. The van der Waals surface area contributed by atoms with E-state index < -0.39 is 0 Å². The summed E-state index contributed by atoms with van der Waals surface area (Å²) < 4.78 is 10.8. The number of H-pyrrole nitrogens is 1. The van der Waals surface area contributed by atoms with Gasteiger partial charge in [0.2, 0.25) is 0 Å². The molecule has 0 amide bonds. The minimum absolute atomic E-state index is 0.557. The number of nitrogens with one attached hydrogen (secondary N) is 1. The van der Waals surface area contributed by atoms with Crippen LogP contribution in [0.25, 0.3) is 21.8 Å². The van der Waals surface area contributed by atoms with Crippen molar-refractivity contribution in [3.8, 4) is 5.75 Å². The summed E-state index contributed by atoms with van der Waals surface area (Å²) in [6.07, 6.45) is 0. The predicted molar refractivity (Wildman–Crippen MR) is 88.9 cm³/mol. The molecule has 0 radical (unpaired) electrons. The van der Waals surface area contributed by atoms with Gasteiger partial charge in [-0.2, -0.15) is 0 Å². The molecule has 98 valence electrons. The number of aromatic amines is 1. The fraction of sp³-hybridized carbons (Fsp3) is 0.143. The highest BCUT2D eigenvalue weighted by atomic mass is 127. The Kier molecular flexibility index (Phi) is 4.15. The third-order valence-electron chi connectivity index (χ3n) is 2.96. The van der Waals surface area contributed by atoms with Gasteiger partial charge in [-0.05, 0) is 18.2 Å². The molecular weight excluding hydrogens is 373 g/mol. The predicted octanol–water partition coefficient (Wildman–Crippen LogP) is 4.71. The van der Waals surface area contributed by atoms with Gasteiger partial charge in [0, 0.05) is 43.6 Å². The molecule has 0 fully saturated rings. The lowest BCUT2D eigenvalue weighted by atomic mass is 10.1. The molecule has 0 aliphatic rings. The molecule has 0 aliphatic heterocycles. The summed E-state index contributed by atoms with van der Waals surface area (Å²) in [6, 6.07) is 14.4. The molecule has 2 aromatic carbocycles. The van der Waals surface area contributed by atoms with Crippen molar-refractivity contribution in [2.24, 2.45) is 0 Å². The second kappa shape index (κ2) is 6.02. The van der Waals surface area contributed by atoms with Crippen LogP contribution in [0.3, 0.4) is 0 Å². The maximum absolute atomic E-state index is 5.65. The minimum atomic E-state index is 0.557. The quantitative estimate of drug-likeness (QED) is 0.392. The SMILES string of the molecule is ISOCCOc1ccc2c(c1)[nH]c1ccccc12. The van der Waals surface area contributed by atoms with E-state index in [1.807, 2.05) is 18.2 Å². The van der Waals surface area contributed by atoms with Crippen LogP contribution < -0.4 is 4.74 Å². The maximum Gasteiger partial charge on any atom is 0.121 e. The highest BCUT2D eigenvalue weighted by Crippen LogP contribution is 2.28. The molecule has 3 nitrogen and oxygen atoms in total. The third-order valence-corrected chi connectivity index (χ3v) is 3.98. The molecule has 0 saturated carbocycles. The van der Waals surface area contributed by atoms with Crippen LogP contribution in [0.15, 0.2) is 42.5 Å². The van der Waals surface area contributed by atoms with Gasteiger partial charge < -0.3 is 13.9 Å². The maximum atomic E-state index is 5.65. The monoisotopic (exact) mass is 385 g/mol. The number of hydrogen-bond donors (Lipinski definition) is 1. The average Bonchev–Trinajstić information content (AvgIpc) is 2.81. The van der Waals surface area contributed by atoms with Crippen LogP contribution in [0.2, 0.25) is 0 Å². The molecule has 0 atom stereocenters. The standard InChI is InChI=1S/C14H12INO2S/c15-19-18-8-7-17-10-5-6-12-11-3-1-2-4-13(11)16-14(12)9-10/h1-6,9,16H,7-8H2. The van der Waals surface area contributed by atoms with Crippen LogP contribution >= 0.6 is 30.4 Å². The summed E-state index contributed by atoms with van der Waals surface area (Å²) in [7, 11) is 1.33. The average molecular weight is 385 g/mol. The molecule has 0 spiro atoms. The molecular formula is C14H12INO2S. The van der Waals surface area contributed by atoms with Gasteiger partial charge in [-0.3, -0.25) is 0 Å². The second-order valence-corrected chi connectivity index (χ2v) is 5.55. The zero-order valence-electron chi connectivity index (χ0n) is 10.1. The molecule has 0 unspecified atom stereocenters. The van der Waals surface area contributed by atoms with Crippen LogP contribution in [0.5, 0.6) is 5.75 Å². The van der Waals surface area contributed by atoms with E-state index >= 15 is 0 Å². The molecule has 3 aromatic rings. The van der Waals surface area contributed by atoms with Crippen molar-refractivity contribution in [2.75, 3.05) is 13.2 Å². The first-order valence-electron chi connectivity index (χ1n) is 5.92. The Morgan fingerprint density at radius 1 is 1.00 bits per heavy atom. The van der Waals surface area contributed by atoms with Crippen molar-refractivity contribution >= 4 is 52.2 Å². The molecule has 0 saturated heterocycles. The molecule has 1 aromatic heterocycles. The van der Waals surface area contributed by atoms with Crippen LogP contribution in [0, 0.1) is 0 Å². The first-order valence-corrected chi connectivity index (χ1v) is 9.20. The molecule has 3 rings (SSSR count). The van der Waals surface area contributed by atoms with E-state index in [1.165, 1.54) is 20.0 Å². The number of ether oxygens (including phenoxy) is 1. The van der Waals surface area contributed by atoms with Crippen molar-refractivity contribution in [1.29, 1.82) is 0 Å². The number of rotatable bonds is 5. The Morgan fingerprint density at radius 2 is 1.84 bits per heavy atom. The lowest BCUT2D eigenvalue weighted by Gasteiger charge is -2.05. The van der Waals surface area contributed by atoms with E-state index in [4.69, 9.17) is 8.92 Å². The number of fused-ring (bicyclic) bond motifs is 3. The van der Waals surface area contributed by atoms with Crippen LogP contribution in [-0.2, 0) is 4.18 Å². The van der Waals surface area contributed by atoms with Gasteiger partial charge in [-0.15, -0.1) is 0 Å².